The highest BCUT2D eigenvalue weighted by Crippen LogP contribution is 2.29. The van der Waals surface area contributed by atoms with Crippen LogP contribution in [0.5, 0.6) is 0 Å². The highest BCUT2D eigenvalue weighted by atomic mass is 19.4. The number of pyridine rings is 1. The van der Waals surface area contributed by atoms with Gasteiger partial charge in [0.2, 0.25) is 0 Å². The van der Waals surface area contributed by atoms with Gasteiger partial charge in [-0.25, -0.2) is 4.98 Å². The van der Waals surface area contributed by atoms with Crippen LogP contribution >= 0.6 is 0 Å². The van der Waals surface area contributed by atoms with Crippen LogP contribution in [0, 0.1) is 6.92 Å². The first-order valence-corrected chi connectivity index (χ1v) is 7.46. The Morgan fingerprint density at radius 1 is 1.08 bits per heavy atom. The number of rotatable bonds is 4. The van der Waals surface area contributed by atoms with Crippen molar-refractivity contribution in [1.82, 2.24) is 10.1 Å². The molecule has 1 amide bonds. The molecule has 0 saturated heterocycles. The van der Waals surface area contributed by atoms with Gasteiger partial charge in [-0.2, -0.15) is 13.2 Å². The number of nitrogens with zero attached hydrogens (tertiary/aromatic N) is 2. The number of anilines is 3. The van der Waals surface area contributed by atoms with Gasteiger partial charge in [-0.1, -0.05) is 5.16 Å². The van der Waals surface area contributed by atoms with Crippen molar-refractivity contribution in [1.29, 1.82) is 0 Å². The van der Waals surface area contributed by atoms with Crippen LogP contribution < -0.4 is 10.6 Å². The van der Waals surface area contributed by atoms with Crippen molar-refractivity contribution in [2.45, 2.75) is 13.1 Å². The number of aryl methyl sites for hydroxylation is 1. The summed E-state index contributed by atoms with van der Waals surface area (Å²) in [6.07, 6.45) is -3.00. The minimum atomic E-state index is -4.42. The predicted molar refractivity (Wildman–Crippen MR) is 88.2 cm³/mol. The fourth-order valence-corrected chi connectivity index (χ4v) is 2.14. The van der Waals surface area contributed by atoms with Crippen LogP contribution in [-0.4, -0.2) is 16.0 Å². The second kappa shape index (κ2) is 6.87. The summed E-state index contributed by atoms with van der Waals surface area (Å²) in [7, 11) is 0. The van der Waals surface area contributed by atoms with Crippen molar-refractivity contribution < 1.29 is 22.5 Å². The fourth-order valence-electron chi connectivity index (χ4n) is 2.14. The standard InChI is InChI=1S/C17H13F3N4O2/c1-10-8-15(24-26-10)23-14-9-11(6-7-21-14)16(25)22-13-4-2-12(3-5-13)17(18,19)20/h2-9H,1H3,(H,22,25)(H,21,23,24). The summed E-state index contributed by atoms with van der Waals surface area (Å²) in [6, 6.07) is 8.83. The van der Waals surface area contributed by atoms with Crippen molar-refractivity contribution in [3.05, 3.63) is 65.5 Å². The lowest BCUT2D eigenvalue weighted by Gasteiger charge is -2.09. The Morgan fingerprint density at radius 2 is 1.81 bits per heavy atom. The first kappa shape index (κ1) is 17.5. The van der Waals surface area contributed by atoms with Crippen molar-refractivity contribution in [2.75, 3.05) is 10.6 Å². The maximum atomic E-state index is 12.6. The zero-order chi connectivity index (χ0) is 18.7. The van der Waals surface area contributed by atoms with Crippen molar-refractivity contribution >= 4 is 23.2 Å². The van der Waals surface area contributed by atoms with Crippen LogP contribution in [0.25, 0.3) is 0 Å². The minimum Gasteiger partial charge on any atom is -0.360 e. The molecule has 6 nitrogen and oxygen atoms in total. The lowest BCUT2D eigenvalue weighted by atomic mass is 10.2. The first-order valence-electron chi connectivity index (χ1n) is 7.46. The Labute approximate surface area is 146 Å². The maximum Gasteiger partial charge on any atom is 0.416 e. The van der Waals surface area contributed by atoms with E-state index in [9.17, 15) is 18.0 Å². The number of nitrogens with one attached hydrogen (secondary N) is 2. The SMILES string of the molecule is Cc1cc(Nc2cc(C(=O)Nc3ccc(C(F)(F)F)cc3)ccn2)no1. The molecule has 134 valence electrons. The van der Waals surface area contributed by atoms with Gasteiger partial charge in [0.25, 0.3) is 5.91 Å². The number of hydrogen-bond donors (Lipinski definition) is 2. The molecular weight excluding hydrogens is 349 g/mol. The lowest BCUT2D eigenvalue weighted by Crippen LogP contribution is -2.13. The van der Waals surface area contributed by atoms with E-state index < -0.39 is 17.6 Å². The van der Waals surface area contributed by atoms with Crippen molar-refractivity contribution in [2.24, 2.45) is 0 Å². The molecule has 26 heavy (non-hydrogen) atoms. The van der Waals surface area contributed by atoms with Gasteiger partial charge in [0.15, 0.2) is 5.82 Å². The zero-order valence-corrected chi connectivity index (χ0v) is 13.5. The largest absolute Gasteiger partial charge is 0.416 e. The number of hydrogen-bond acceptors (Lipinski definition) is 5. The van der Waals surface area contributed by atoms with Crippen LogP contribution in [0.4, 0.5) is 30.5 Å². The van der Waals surface area contributed by atoms with Gasteiger partial charge in [-0.05, 0) is 43.3 Å². The summed E-state index contributed by atoms with van der Waals surface area (Å²) >= 11 is 0. The van der Waals surface area contributed by atoms with Gasteiger partial charge >= 0.3 is 6.18 Å². The van der Waals surface area contributed by atoms with Gasteiger partial charge in [0, 0.05) is 23.5 Å². The molecule has 0 radical (unpaired) electrons. The molecule has 2 aromatic heterocycles. The minimum absolute atomic E-state index is 0.251. The van der Waals surface area contributed by atoms with E-state index in [1.165, 1.54) is 30.5 Å². The van der Waals surface area contributed by atoms with Gasteiger partial charge in [0.05, 0.1) is 5.56 Å². The summed E-state index contributed by atoms with van der Waals surface area (Å²) < 4.78 is 42.6. The summed E-state index contributed by atoms with van der Waals surface area (Å²) in [5.41, 5.74) is -0.252. The Kier molecular flexibility index (Phi) is 4.61. The molecule has 0 unspecified atom stereocenters. The summed E-state index contributed by atoms with van der Waals surface area (Å²) in [5.74, 6) is 0.948. The first-order chi connectivity index (χ1) is 12.3. The average Bonchev–Trinajstić information content (AvgIpc) is 2.99. The third-order valence-electron chi connectivity index (χ3n) is 3.38. The second-order valence-electron chi connectivity index (χ2n) is 5.41. The molecule has 0 saturated carbocycles. The molecule has 0 aliphatic rings. The number of amides is 1. The van der Waals surface area contributed by atoms with Gasteiger partial charge in [0.1, 0.15) is 11.6 Å². The second-order valence-corrected chi connectivity index (χ2v) is 5.41. The number of halogens is 3. The van der Waals surface area contributed by atoms with E-state index in [-0.39, 0.29) is 11.3 Å². The van der Waals surface area contributed by atoms with Crippen LogP contribution in [0.2, 0.25) is 0 Å². The molecule has 0 bridgehead atoms. The molecule has 0 aliphatic heterocycles. The molecule has 2 heterocycles. The lowest BCUT2D eigenvalue weighted by molar-refractivity contribution is -0.137. The Morgan fingerprint density at radius 3 is 2.42 bits per heavy atom. The van der Waals surface area contributed by atoms with E-state index in [0.717, 1.165) is 12.1 Å². The van der Waals surface area contributed by atoms with E-state index in [1.807, 2.05) is 0 Å². The van der Waals surface area contributed by atoms with E-state index >= 15 is 0 Å². The molecule has 0 spiro atoms. The Balaban J connectivity index is 1.70. The monoisotopic (exact) mass is 362 g/mol. The van der Waals surface area contributed by atoms with Crippen molar-refractivity contribution in [3.63, 3.8) is 0 Å². The molecule has 1 aromatic carbocycles. The molecule has 0 fully saturated rings. The van der Waals surface area contributed by atoms with Crippen molar-refractivity contribution in [3.8, 4) is 0 Å². The molecular formula is C17H13F3N4O2. The highest BCUT2D eigenvalue weighted by molar-refractivity contribution is 6.04. The maximum absolute atomic E-state index is 12.6. The Bertz CT molecular complexity index is 920. The molecule has 0 atom stereocenters. The van der Waals surface area contributed by atoms with Gasteiger partial charge in [-0.3, -0.25) is 4.79 Å². The van der Waals surface area contributed by atoms with Gasteiger partial charge in [-0.15, -0.1) is 0 Å². The summed E-state index contributed by atoms with van der Waals surface area (Å²) in [6.45, 7) is 1.74. The van der Waals surface area contributed by atoms with Crippen LogP contribution in [0.15, 0.2) is 53.2 Å². The zero-order valence-electron chi connectivity index (χ0n) is 13.5. The predicted octanol–water partition coefficient (Wildman–Crippen LogP) is 4.39. The smallest absolute Gasteiger partial charge is 0.360 e. The third kappa shape index (κ3) is 4.18. The normalized spacial score (nSPS) is 11.2. The van der Waals surface area contributed by atoms with E-state index in [4.69, 9.17) is 4.52 Å². The van der Waals surface area contributed by atoms with Gasteiger partial charge < -0.3 is 15.2 Å². The third-order valence-corrected chi connectivity index (χ3v) is 3.38. The van der Waals surface area contributed by atoms with E-state index in [1.54, 1.807) is 13.0 Å². The fraction of sp³-hybridized carbons (Fsp3) is 0.118. The summed E-state index contributed by atoms with van der Waals surface area (Å²) in [4.78, 5) is 16.4. The quantitative estimate of drug-likeness (QED) is 0.719. The van der Waals surface area contributed by atoms with E-state index in [2.05, 4.69) is 20.8 Å². The molecule has 3 aromatic rings. The average molecular weight is 362 g/mol. The molecule has 3 rings (SSSR count). The topological polar surface area (TPSA) is 80.0 Å². The Hall–Kier alpha value is -3.36. The number of benzene rings is 1. The molecule has 9 heteroatoms. The molecule has 2 N–H and O–H groups in total. The van der Waals surface area contributed by atoms with Crippen LogP contribution in [0.1, 0.15) is 21.7 Å². The highest BCUT2D eigenvalue weighted by Gasteiger charge is 2.30. The number of carbonyl (C=O) groups is 1. The molecule has 0 aliphatic carbocycles. The van der Waals surface area contributed by atoms with Crippen LogP contribution in [-0.2, 0) is 6.18 Å². The van der Waals surface area contributed by atoms with E-state index in [0.29, 0.717) is 17.4 Å². The summed E-state index contributed by atoms with van der Waals surface area (Å²) in [5, 5.41) is 9.19. The van der Waals surface area contributed by atoms with Crippen LogP contribution in [0.3, 0.4) is 0 Å². The number of aromatic nitrogens is 2. The number of carbonyl (C=O) groups excluding carboxylic acids is 1. The number of alkyl halides is 3.